The first-order chi connectivity index (χ1) is 9.31. The lowest BCUT2D eigenvalue weighted by Gasteiger charge is -2.36. The fraction of sp³-hybridized carbons (Fsp3) is 0.571. The maximum absolute atomic E-state index is 13.1. The van der Waals surface area contributed by atoms with Crippen LogP contribution in [0, 0.1) is 5.92 Å². The van der Waals surface area contributed by atoms with Crippen molar-refractivity contribution in [3.8, 4) is 0 Å². The van der Waals surface area contributed by atoms with Gasteiger partial charge in [0.05, 0.1) is 18.3 Å². The molecule has 0 amide bonds. The van der Waals surface area contributed by atoms with Crippen LogP contribution in [0.25, 0.3) is 0 Å². The molecule has 0 saturated heterocycles. The van der Waals surface area contributed by atoms with E-state index in [2.05, 4.69) is 0 Å². The van der Waals surface area contributed by atoms with E-state index in [1.807, 2.05) is 0 Å². The molecule has 3 nitrogen and oxygen atoms in total. The van der Waals surface area contributed by atoms with Gasteiger partial charge in [0.15, 0.2) is 0 Å². The summed E-state index contributed by atoms with van der Waals surface area (Å²) in [5.74, 6) is 0.230. The lowest BCUT2D eigenvalue weighted by molar-refractivity contribution is -0.137. The van der Waals surface area contributed by atoms with Crippen molar-refractivity contribution >= 4 is 5.69 Å². The number of halogens is 3. The zero-order valence-electron chi connectivity index (χ0n) is 11.2. The zero-order chi connectivity index (χ0) is 14.9. The smallest absolute Gasteiger partial charge is 0.393 e. The average molecular weight is 289 g/mol. The molecule has 1 aromatic rings. The van der Waals surface area contributed by atoms with E-state index in [1.165, 1.54) is 12.1 Å². The second-order valence-electron chi connectivity index (χ2n) is 5.38. The maximum atomic E-state index is 13.1. The number of aliphatic hydroxyl groups excluding tert-OH is 2. The molecule has 0 radical (unpaired) electrons. The van der Waals surface area contributed by atoms with Crippen LogP contribution in [0.5, 0.6) is 0 Å². The van der Waals surface area contributed by atoms with E-state index in [4.69, 9.17) is 5.11 Å². The summed E-state index contributed by atoms with van der Waals surface area (Å²) in [6.45, 7) is 0.0699. The third kappa shape index (κ3) is 3.24. The average Bonchev–Trinajstić information content (AvgIpc) is 2.35. The summed E-state index contributed by atoms with van der Waals surface area (Å²) >= 11 is 0. The molecule has 0 spiro atoms. The summed E-state index contributed by atoms with van der Waals surface area (Å²) in [5.41, 5.74) is -0.379. The number of nitrogens with zero attached hydrogens (tertiary/aromatic N) is 1. The minimum absolute atomic E-state index is 0.107. The number of aliphatic hydroxyl groups is 2. The fourth-order valence-corrected chi connectivity index (χ4v) is 2.58. The Hall–Kier alpha value is -1.27. The second-order valence-corrected chi connectivity index (χ2v) is 5.38. The summed E-state index contributed by atoms with van der Waals surface area (Å²) in [7, 11) is 1.62. The predicted octanol–water partition coefficient (Wildman–Crippen LogP) is 2.40. The maximum Gasteiger partial charge on any atom is 0.418 e. The van der Waals surface area contributed by atoms with Gasteiger partial charge in [-0.15, -0.1) is 0 Å². The molecule has 20 heavy (non-hydrogen) atoms. The van der Waals surface area contributed by atoms with Crippen molar-refractivity contribution in [1.82, 2.24) is 0 Å². The van der Waals surface area contributed by atoms with Crippen LogP contribution in [0.2, 0.25) is 0 Å². The first kappa shape index (κ1) is 15.1. The third-order valence-corrected chi connectivity index (χ3v) is 3.70. The van der Waals surface area contributed by atoms with E-state index < -0.39 is 18.3 Å². The Bertz CT molecular complexity index is 470. The molecular weight excluding hydrogens is 271 g/mol. The molecule has 2 rings (SSSR count). The van der Waals surface area contributed by atoms with E-state index >= 15 is 0 Å². The Morgan fingerprint density at radius 2 is 1.95 bits per heavy atom. The predicted molar refractivity (Wildman–Crippen MR) is 69.4 cm³/mol. The molecule has 1 aliphatic carbocycles. The minimum atomic E-state index is -4.45. The van der Waals surface area contributed by atoms with Crippen LogP contribution in [-0.4, -0.2) is 29.9 Å². The van der Waals surface area contributed by atoms with Gasteiger partial charge in [-0.2, -0.15) is 13.2 Å². The second kappa shape index (κ2) is 5.61. The standard InChI is InChI=1S/C14H18F3NO2/c1-18(7-10-4-11(20)5-10)13-3-2-9(8-19)6-12(13)14(15,16)17/h2-3,6,10-11,19-20H,4-5,7-8H2,1H3. The Kier molecular flexibility index (Phi) is 4.25. The number of hydrogen-bond donors (Lipinski definition) is 2. The number of anilines is 1. The Balaban J connectivity index is 2.21. The molecular formula is C14H18F3NO2. The molecule has 0 atom stereocenters. The van der Waals surface area contributed by atoms with Gasteiger partial charge in [-0.1, -0.05) is 6.07 Å². The molecule has 1 aliphatic rings. The summed E-state index contributed by atoms with van der Waals surface area (Å²) in [4.78, 5) is 1.57. The van der Waals surface area contributed by atoms with Gasteiger partial charge in [0.1, 0.15) is 0 Å². The lowest BCUT2D eigenvalue weighted by atomic mass is 9.82. The van der Waals surface area contributed by atoms with Gasteiger partial charge in [0, 0.05) is 19.3 Å². The van der Waals surface area contributed by atoms with Crippen molar-refractivity contribution in [2.24, 2.45) is 5.92 Å². The van der Waals surface area contributed by atoms with Gasteiger partial charge >= 0.3 is 6.18 Å². The van der Waals surface area contributed by atoms with E-state index in [1.54, 1.807) is 11.9 Å². The highest BCUT2D eigenvalue weighted by Crippen LogP contribution is 2.38. The summed E-state index contributed by atoms with van der Waals surface area (Å²) in [6, 6.07) is 3.88. The van der Waals surface area contributed by atoms with Crippen LogP contribution in [0.4, 0.5) is 18.9 Å². The van der Waals surface area contributed by atoms with Crippen molar-refractivity contribution in [2.75, 3.05) is 18.5 Å². The normalized spacial score (nSPS) is 22.5. The van der Waals surface area contributed by atoms with E-state index in [-0.39, 0.29) is 23.3 Å². The van der Waals surface area contributed by atoms with Gasteiger partial charge in [-0.05, 0) is 36.5 Å². The SMILES string of the molecule is CN(CC1CC(O)C1)c1ccc(CO)cc1C(F)(F)F. The van der Waals surface area contributed by atoms with Crippen LogP contribution in [0.3, 0.4) is 0 Å². The highest BCUT2D eigenvalue weighted by Gasteiger charge is 2.36. The molecule has 1 saturated carbocycles. The van der Waals surface area contributed by atoms with Crippen molar-refractivity contribution in [1.29, 1.82) is 0 Å². The highest BCUT2D eigenvalue weighted by molar-refractivity contribution is 5.56. The monoisotopic (exact) mass is 289 g/mol. The van der Waals surface area contributed by atoms with Crippen molar-refractivity contribution in [2.45, 2.75) is 31.7 Å². The van der Waals surface area contributed by atoms with Crippen LogP contribution < -0.4 is 4.90 Å². The van der Waals surface area contributed by atoms with Crippen LogP contribution >= 0.6 is 0 Å². The topological polar surface area (TPSA) is 43.7 Å². The highest BCUT2D eigenvalue weighted by atomic mass is 19.4. The zero-order valence-corrected chi connectivity index (χ0v) is 11.2. The van der Waals surface area contributed by atoms with E-state index in [9.17, 15) is 18.3 Å². The van der Waals surface area contributed by atoms with E-state index in [0.29, 0.717) is 19.4 Å². The Morgan fingerprint density at radius 3 is 2.45 bits per heavy atom. The first-order valence-corrected chi connectivity index (χ1v) is 6.51. The number of benzene rings is 1. The number of rotatable bonds is 4. The van der Waals surface area contributed by atoms with Gasteiger partial charge in [-0.3, -0.25) is 0 Å². The lowest BCUT2D eigenvalue weighted by Crippen LogP contribution is -2.37. The van der Waals surface area contributed by atoms with Gasteiger partial charge in [0.25, 0.3) is 0 Å². The molecule has 1 aromatic carbocycles. The molecule has 0 aliphatic heterocycles. The minimum Gasteiger partial charge on any atom is -0.393 e. The van der Waals surface area contributed by atoms with Crippen LogP contribution in [0.15, 0.2) is 18.2 Å². The third-order valence-electron chi connectivity index (χ3n) is 3.70. The van der Waals surface area contributed by atoms with Crippen LogP contribution in [0.1, 0.15) is 24.0 Å². The van der Waals surface area contributed by atoms with E-state index in [0.717, 1.165) is 6.07 Å². The molecule has 0 aromatic heterocycles. The van der Waals surface area contributed by atoms with Crippen molar-refractivity contribution in [3.05, 3.63) is 29.3 Å². The van der Waals surface area contributed by atoms with Crippen molar-refractivity contribution < 1.29 is 23.4 Å². The quantitative estimate of drug-likeness (QED) is 0.894. The molecule has 1 fully saturated rings. The van der Waals surface area contributed by atoms with Gasteiger partial charge < -0.3 is 15.1 Å². The first-order valence-electron chi connectivity index (χ1n) is 6.51. The van der Waals surface area contributed by atoms with Crippen LogP contribution in [-0.2, 0) is 12.8 Å². The summed E-state index contributed by atoms with van der Waals surface area (Å²) < 4.78 is 39.2. The molecule has 0 bridgehead atoms. The van der Waals surface area contributed by atoms with Gasteiger partial charge in [-0.25, -0.2) is 0 Å². The Labute approximate surface area is 115 Å². The molecule has 0 heterocycles. The van der Waals surface area contributed by atoms with Crippen molar-refractivity contribution in [3.63, 3.8) is 0 Å². The largest absolute Gasteiger partial charge is 0.418 e. The molecule has 112 valence electrons. The summed E-state index contributed by atoms with van der Waals surface area (Å²) in [5, 5.41) is 18.2. The molecule has 2 N–H and O–H groups in total. The molecule has 0 unspecified atom stereocenters. The Morgan fingerprint density at radius 1 is 1.30 bits per heavy atom. The summed E-state index contributed by atoms with van der Waals surface area (Å²) in [6.07, 6.45) is -3.48. The molecule has 6 heteroatoms. The van der Waals surface area contributed by atoms with Gasteiger partial charge in [0.2, 0.25) is 0 Å². The number of hydrogen-bond acceptors (Lipinski definition) is 3. The number of alkyl halides is 3. The fourth-order valence-electron chi connectivity index (χ4n) is 2.58.